The number of amides is 3. The molecule has 1 fully saturated rings. The third-order valence-corrected chi connectivity index (χ3v) is 6.65. The molecule has 0 unspecified atom stereocenters. The first-order chi connectivity index (χ1) is 17.8. The quantitative estimate of drug-likeness (QED) is 0.243. The van der Waals surface area contributed by atoms with Crippen molar-refractivity contribution in [2.24, 2.45) is 11.8 Å². The summed E-state index contributed by atoms with van der Waals surface area (Å²) in [6.45, 7) is 8.43. The Kier molecular flexibility index (Phi) is 13.3. The molecule has 1 aliphatic rings. The Morgan fingerprint density at radius 2 is 1.84 bits per heavy atom. The number of nitrogens with zero attached hydrogens (tertiary/aromatic N) is 1. The second-order valence-corrected chi connectivity index (χ2v) is 10.0. The lowest BCUT2D eigenvalue weighted by Gasteiger charge is -2.38. The molecular weight excluding hydrogens is 472 g/mol. The maximum atomic E-state index is 13.6. The summed E-state index contributed by atoms with van der Waals surface area (Å²) in [6.07, 6.45) is 4.78. The molecule has 0 aliphatic carbocycles. The molecule has 9 nitrogen and oxygen atoms in total. The van der Waals surface area contributed by atoms with E-state index >= 15 is 0 Å². The summed E-state index contributed by atoms with van der Waals surface area (Å²) in [4.78, 5) is 57.3. The molecule has 3 amide bonds. The predicted octanol–water partition coefficient (Wildman–Crippen LogP) is 3.44. The van der Waals surface area contributed by atoms with E-state index in [9.17, 15) is 19.2 Å². The first-order valence-corrected chi connectivity index (χ1v) is 13.6. The van der Waals surface area contributed by atoms with E-state index in [1.54, 1.807) is 6.92 Å². The molecule has 0 spiro atoms. The molecule has 0 aromatic heterocycles. The van der Waals surface area contributed by atoms with E-state index in [0.29, 0.717) is 25.8 Å². The molecule has 1 saturated heterocycles. The van der Waals surface area contributed by atoms with Gasteiger partial charge < -0.3 is 5.32 Å². The standard InChI is InChI=1S/C28H44N4O5/c1-5-7-9-15-22(18-25(34)31-37-19-21-13-10-8-11-14-21)28(36)32-23(16-12-17-29-32)27(35)30-26(20(3)4)24(33)6-2/h8,10-11,13-14,20,22-23,26,29H,5-7,9,12,15-19H2,1-4H3,(H,30,35)(H,31,34)/t22-,23+,26+/m1/s1. The van der Waals surface area contributed by atoms with Crippen molar-refractivity contribution in [1.82, 2.24) is 21.2 Å². The first kappa shape index (κ1) is 30.4. The fourth-order valence-electron chi connectivity index (χ4n) is 4.49. The molecule has 0 radical (unpaired) electrons. The van der Waals surface area contributed by atoms with Gasteiger partial charge in [0.1, 0.15) is 6.04 Å². The number of hydrazine groups is 1. The summed E-state index contributed by atoms with van der Waals surface area (Å²) in [6, 6.07) is 8.15. The number of carbonyl (C=O) groups excluding carboxylic acids is 4. The van der Waals surface area contributed by atoms with Gasteiger partial charge in [0.15, 0.2) is 5.78 Å². The number of benzene rings is 1. The van der Waals surface area contributed by atoms with Crippen molar-refractivity contribution in [2.75, 3.05) is 6.54 Å². The van der Waals surface area contributed by atoms with Crippen LogP contribution in [-0.4, -0.2) is 47.1 Å². The minimum absolute atomic E-state index is 0.0328. The smallest absolute Gasteiger partial charge is 0.245 e. The Morgan fingerprint density at radius 3 is 2.49 bits per heavy atom. The van der Waals surface area contributed by atoms with Crippen molar-refractivity contribution < 1.29 is 24.0 Å². The molecule has 3 atom stereocenters. The summed E-state index contributed by atoms with van der Waals surface area (Å²) >= 11 is 0. The molecule has 1 aromatic rings. The lowest BCUT2D eigenvalue weighted by atomic mass is 9.94. The average molecular weight is 517 g/mol. The van der Waals surface area contributed by atoms with Crippen LogP contribution in [0.3, 0.4) is 0 Å². The largest absolute Gasteiger partial charge is 0.344 e. The molecule has 0 saturated carbocycles. The molecular formula is C28H44N4O5. The topological polar surface area (TPSA) is 117 Å². The molecule has 1 aliphatic heterocycles. The molecule has 1 aromatic carbocycles. The Morgan fingerprint density at radius 1 is 1.11 bits per heavy atom. The molecule has 9 heteroatoms. The Bertz CT molecular complexity index is 877. The second kappa shape index (κ2) is 16.1. The lowest BCUT2D eigenvalue weighted by Crippen LogP contribution is -2.61. The summed E-state index contributed by atoms with van der Waals surface area (Å²) < 4.78 is 0. The Balaban J connectivity index is 2.07. The third-order valence-electron chi connectivity index (χ3n) is 6.65. The van der Waals surface area contributed by atoms with Crippen LogP contribution in [0, 0.1) is 11.8 Å². The fourth-order valence-corrected chi connectivity index (χ4v) is 4.49. The monoisotopic (exact) mass is 516 g/mol. The highest BCUT2D eigenvalue weighted by molar-refractivity contribution is 5.93. The van der Waals surface area contributed by atoms with Crippen LogP contribution in [0.5, 0.6) is 0 Å². The minimum atomic E-state index is -0.738. The fraction of sp³-hybridized carbons (Fsp3) is 0.643. The molecule has 37 heavy (non-hydrogen) atoms. The third kappa shape index (κ3) is 9.89. The molecule has 206 valence electrons. The van der Waals surface area contributed by atoms with Crippen LogP contribution in [0.25, 0.3) is 0 Å². The normalized spacial score (nSPS) is 17.2. The van der Waals surface area contributed by atoms with Crippen molar-refractivity contribution >= 4 is 23.5 Å². The number of ketones is 1. The number of hydrogen-bond donors (Lipinski definition) is 3. The number of hydroxylamine groups is 1. The lowest BCUT2D eigenvalue weighted by molar-refractivity contribution is -0.153. The summed E-state index contributed by atoms with van der Waals surface area (Å²) in [5.41, 5.74) is 6.46. The van der Waals surface area contributed by atoms with E-state index in [2.05, 4.69) is 23.1 Å². The van der Waals surface area contributed by atoms with Crippen molar-refractivity contribution in [2.45, 2.75) is 97.8 Å². The van der Waals surface area contributed by atoms with E-state index in [0.717, 1.165) is 31.2 Å². The maximum absolute atomic E-state index is 13.6. The minimum Gasteiger partial charge on any atom is -0.344 e. The highest BCUT2D eigenvalue weighted by atomic mass is 16.6. The number of nitrogens with one attached hydrogen (secondary N) is 3. The van der Waals surface area contributed by atoms with Crippen LogP contribution in [-0.2, 0) is 30.6 Å². The van der Waals surface area contributed by atoms with Gasteiger partial charge in [-0.25, -0.2) is 10.9 Å². The van der Waals surface area contributed by atoms with Crippen molar-refractivity contribution in [3.63, 3.8) is 0 Å². The van der Waals surface area contributed by atoms with Crippen LogP contribution >= 0.6 is 0 Å². The van der Waals surface area contributed by atoms with Crippen LogP contribution in [0.4, 0.5) is 0 Å². The van der Waals surface area contributed by atoms with Crippen LogP contribution in [0.2, 0.25) is 0 Å². The van der Waals surface area contributed by atoms with Gasteiger partial charge in [-0.15, -0.1) is 0 Å². The van der Waals surface area contributed by atoms with E-state index in [4.69, 9.17) is 4.84 Å². The van der Waals surface area contributed by atoms with Gasteiger partial charge in [0, 0.05) is 25.3 Å². The van der Waals surface area contributed by atoms with Gasteiger partial charge >= 0.3 is 0 Å². The number of Topliss-reactive ketones (excluding diaryl/α,β-unsaturated/α-hetero) is 1. The van der Waals surface area contributed by atoms with Crippen molar-refractivity contribution in [3.8, 4) is 0 Å². The summed E-state index contributed by atoms with van der Waals surface area (Å²) in [5.74, 6) is -1.68. The highest BCUT2D eigenvalue weighted by Crippen LogP contribution is 2.21. The Hall–Kier alpha value is -2.78. The molecule has 0 bridgehead atoms. The number of rotatable bonds is 15. The van der Waals surface area contributed by atoms with Crippen LogP contribution < -0.4 is 16.2 Å². The van der Waals surface area contributed by atoms with E-state index in [-0.39, 0.29) is 42.5 Å². The average Bonchev–Trinajstić information content (AvgIpc) is 2.90. The Labute approximate surface area is 221 Å². The van der Waals surface area contributed by atoms with Crippen LogP contribution in [0.15, 0.2) is 30.3 Å². The maximum Gasteiger partial charge on any atom is 0.245 e. The predicted molar refractivity (Wildman–Crippen MR) is 142 cm³/mol. The van der Waals surface area contributed by atoms with Crippen molar-refractivity contribution in [1.29, 1.82) is 0 Å². The van der Waals surface area contributed by atoms with Crippen molar-refractivity contribution in [3.05, 3.63) is 35.9 Å². The zero-order valence-electron chi connectivity index (χ0n) is 22.8. The van der Waals surface area contributed by atoms with Gasteiger partial charge in [-0.05, 0) is 30.7 Å². The zero-order valence-corrected chi connectivity index (χ0v) is 22.8. The molecule has 2 rings (SSSR count). The summed E-state index contributed by atoms with van der Waals surface area (Å²) in [7, 11) is 0. The number of hydrogen-bond acceptors (Lipinski definition) is 6. The van der Waals surface area contributed by atoms with Gasteiger partial charge in [0.25, 0.3) is 0 Å². The zero-order chi connectivity index (χ0) is 27.2. The van der Waals surface area contributed by atoms with Crippen LogP contribution in [0.1, 0.15) is 84.6 Å². The SMILES string of the molecule is CCCCC[C@H](CC(=O)NOCc1ccccc1)C(=O)N1NCCC[C@H]1C(=O)N[C@H](C(=O)CC)C(C)C. The summed E-state index contributed by atoms with van der Waals surface area (Å²) in [5, 5.41) is 4.27. The first-order valence-electron chi connectivity index (χ1n) is 13.6. The number of carbonyl (C=O) groups is 4. The van der Waals surface area contributed by atoms with Gasteiger partial charge in [-0.3, -0.25) is 29.0 Å². The van der Waals surface area contributed by atoms with Gasteiger partial charge in [0.2, 0.25) is 17.7 Å². The molecule has 1 heterocycles. The van der Waals surface area contributed by atoms with E-state index in [1.165, 1.54) is 5.01 Å². The van der Waals surface area contributed by atoms with Gasteiger partial charge in [-0.2, -0.15) is 0 Å². The van der Waals surface area contributed by atoms with Gasteiger partial charge in [0.05, 0.1) is 12.6 Å². The number of unbranched alkanes of at least 4 members (excludes halogenated alkanes) is 2. The highest BCUT2D eigenvalue weighted by Gasteiger charge is 2.37. The van der Waals surface area contributed by atoms with Gasteiger partial charge in [-0.1, -0.05) is 77.3 Å². The molecule has 3 N–H and O–H groups in total. The van der Waals surface area contributed by atoms with E-state index in [1.807, 2.05) is 44.2 Å². The second-order valence-electron chi connectivity index (χ2n) is 10.0. The van der Waals surface area contributed by atoms with E-state index < -0.39 is 18.0 Å².